The van der Waals surface area contributed by atoms with Crippen LogP contribution in [0.5, 0.6) is 0 Å². The van der Waals surface area contributed by atoms with Crippen LogP contribution in [0.1, 0.15) is 28.4 Å². The largest absolute Gasteiger partial charge is 0.357 e. The summed E-state index contributed by atoms with van der Waals surface area (Å²) in [5, 5.41) is 12.1. The summed E-state index contributed by atoms with van der Waals surface area (Å²) in [6.45, 7) is 6.48. The molecule has 2 aromatic heterocycles. The maximum absolute atomic E-state index is 4.76. The molecule has 8 heteroatoms. The third kappa shape index (κ3) is 6.13. The zero-order valence-corrected chi connectivity index (χ0v) is 16.6. The lowest BCUT2D eigenvalue weighted by Crippen LogP contribution is -2.39. The van der Waals surface area contributed by atoms with E-state index >= 15 is 0 Å². The number of aryl methyl sites for hydroxylation is 2. The number of hydrogen-bond acceptors (Lipinski definition) is 5. The van der Waals surface area contributed by atoms with Gasteiger partial charge in [-0.05, 0) is 27.9 Å². The van der Waals surface area contributed by atoms with Gasteiger partial charge in [0.15, 0.2) is 5.96 Å². The third-order valence-electron chi connectivity index (χ3n) is 3.80. The van der Waals surface area contributed by atoms with Crippen molar-refractivity contribution in [3.8, 4) is 0 Å². The lowest BCUT2D eigenvalue weighted by Gasteiger charge is -2.22. The molecule has 0 aliphatic heterocycles. The van der Waals surface area contributed by atoms with Crippen molar-refractivity contribution in [2.75, 3.05) is 33.7 Å². The van der Waals surface area contributed by atoms with Gasteiger partial charge < -0.3 is 15.5 Å². The average molecular weight is 364 g/mol. The molecule has 25 heavy (non-hydrogen) atoms. The zero-order chi connectivity index (χ0) is 18.2. The van der Waals surface area contributed by atoms with E-state index in [1.165, 1.54) is 10.4 Å². The molecule has 0 fully saturated rings. The van der Waals surface area contributed by atoms with Crippen molar-refractivity contribution in [1.29, 1.82) is 0 Å². The summed E-state index contributed by atoms with van der Waals surface area (Å²) < 4.78 is 1.83. The number of aliphatic imine (C=N–C) groups is 1. The van der Waals surface area contributed by atoms with E-state index < -0.39 is 0 Å². The van der Waals surface area contributed by atoms with Gasteiger partial charge in [-0.15, -0.1) is 11.3 Å². The zero-order valence-electron chi connectivity index (χ0n) is 15.8. The van der Waals surface area contributed by atoms with Gasteiger partial charge in [-0.25, -0.2) is 4.98 Å². The predicted molar refractivity (Wildman–Crippen MR) is 104 cm³/mol. The van der Waals surface area contributed by atoms with Crippen molar-refractivity contribution >= 4 is 17.3 Å². The second-order valence-electron chi connectivity index (χ2n) is 6.19. The molecule has 0 spiro atoms. The predicted octanol–water partition coefficient (Wildman–Crippen LogP) is 1.59. The highest BCUT2D eigenvalue weighted by atomic mass is 32.1. The molecular formula is C17H29N7S. The minimum absolute atomic E-state index is 0.200. The van der Waals surface area contributed by atoms with Crippen molar-refractivity contribution in [2.45, 2.75) is 26.3 Å². The van der Waals surface area contributed by atoms with E-state index in [1.807, 2.05) is 30.3 Å². The molecule has 2 N–H and O–H groups in total. The van der Waals surface area contributed by atoms with Crippen LogP contribution in [0, 0.1) is 6.92 Å². The highest BCUT2D eigenvalue weighted by Crippen LogP contribution is 2.17. The fourth-order valence-corrected chi connectivity index (χ4v) is 3.29. The molecule has 138 valence electrons. The van der Waals surface area contributed by atoms with Gasteiger partial charge in [0.1, 0.15) is 0 Å². The molecule has 0 amide bonds. The minimum Gasteiger partial charge on any atom is -0.357 e. The molecule has 0 aliphatic carbocycles. The number of guanidine groups is 1. The summed E-state index contributed by atoms with van der Waals surface area (Å²) in [6, 6.07) is 0.200. The van der Waals surface area contributed by atoms with Gasteiger partial charge in [0, 0.05) is 49.4 Å². The van der Waals surface area contributed by atoms with Crippen molar-refractivity contribution in [3.05, 3.63) is 34.0 Å². The summed E-state index contributed by atoms with van der Waals surface area (Å²) in [7, 11) is 6.07. The Kier molecular flexibility index (Phi) is 7.39. The number of aromatic nitrogens is 3. The topological polar surface area (TPSA) is 70.4 Å². The Bertz CT molecular complexity index is 674. The lowest BCUT2D eigenvalue weighted by atomic mass is 10.1. The highest BCUT2D eigenvalue weighted by Gasteiger charge is 2.15. The second-order valence-corrected chi connectivity index (χ2v) is 7.51. The molecule has 2 aromatic rings. The van der Waals surface area contributed by atoms with E-state index in [1.54, 1.807) is 11.3 Å². The number of hydrogen-bond donors (Lipinski definition) is 2. The maximum Gasteiger partial charge on any atom is 0.191 e. The lowest BCUT2D eigenvalue weighted by molar-refractivity contribution is 0.306. The quantitative estimate of drug-likeness (QED) is 0.550. The first-order valence-electron chi connectivity index (χ1n) is 8.58. The van der Waals surface area contributed by atoms with Crippen molar-refractivity contribution in [3.63, 3.8) is 0 Å². The molecular weight excluding hydrogens is 334 g/mol. The van der Waals surface area contributed by atoms with Gasteiger partial charge in [-0.3, -0.25) is 9.67 Å². The Hall–Kier alpha value is -1.93. The first-order chi connectivity index (χ1) is 12.0. The van der Waals surface area contributed by atoms with Crippen molar-refractivity contribution < 1.29 is 0 Å². The molecule has 0 aromatic carbocycles. The van der Waals surface area contributed by atoms with E-state index in [0.717, 1.165) is 30.5 Å². The van der Waals surface area contributed by atoms with Gasteiger partial charge in [0.2, 0.25) is 0 Å². The van der Waals surface area contributed by atoms with Crippen LogP contribution in [-0.4, -0.2) is 59.4 Å². The van der Waals surface area contributed by atoms with Gasteiger partial charge >= 0.3 is 0 Å². The molecule has 2 rings (SSSR count). The summed E-state index contributed by atoms with van der Waals surface area (Å²) in [6.07, 6.45) is 6.79. The minimum atomic E-state index is 0.200. The number of thiazole rings is 1. The molecule has 0 saturated heterocycles. The van der Waals surface area contributed by atoms with Gasteiger partial charge in [0.05, 0.1) is 23.8 Å². The van der Waals surface area contributed by atoms with Crippen LogP contribution in [0.4, 0.5) is 0 Å². The van der Waals surface area contributed by atoms with Gasteiger partial charge in [-0.2, -0.15) is 5.10 Å². The molecule has 2 heterocycles. The van der Waals surface area contributed by atoms with Crippen molar-refractivity contribution in [2.24, 2.45) is 12.0 Å². The van der Waals surface area contributed by atoms with E-state index in [4.69, 9.17) is 4.99 Å². The van der Waals surface area contributed by atoms with Crippen LogP contribution in [-0.2, 0) is 13.5 Å². The average Bonchev–Trinajstić information content (AvgIpc) is 3.16. The number of rotatable bonds is 8. The number of likely N-dealkylation sites (N-methyl/N-ethyl adjacent to an activating group) is 1. The summed E-state index contributed by atoms with van der Waals surface area (Å²) in [5.74, 6) is 0.839. The van der Waals surface area contributed by atoms with Crippen LogP contribution < -0.4 is 10.6 Å². The molecule has 0 bridgehead atoms. The Morgan fingerprint density at radius 2 is 2.16 bits per heavy atom. The maximum atomic E-state index is 4.76. The Morgan fingerprint density at radius 1 is 1.36 bits per heavy atom. The van der Waals surface area contributed by atoms with E-state index in [2.05, 4.69) is 53.6 Å². The second kappa shape index (κ2) is 9.53. The fraction of sp³-hybridized carbons (Fsp3) is 0.588. The molecule has 1 unspecified atom stereocenters. The molecule has 0 saturated carbocycles. The summed E-state index contributed by atoms with van der Waals surface area (Å²) in [5.41, 5.74) is 1.17. The first kappa shape index (κ1) is 19.4. The van der Waals surface area contributed by atoms with E-state index in [9.17, 15) is 0 Å². The van der Waals surface area contributed by atoms with Crippen LogP contribution in [0.15, 0.2) is 23.6 Å². The monoisotopic (exact) mass is 363 g/mol. The van der Waals surface area contributed by atoms with Gasteiger partial charge in [-0.1, -0.05) is 0 Å². The number of nitrogens with zero attached hydrogens (tertiary/aromatic N) is 5. The summed E-state index contributed by atoms with van der Waals surface area (Å²) >= 11 is 1.75. The van der Waals surface area contributed by atoms with Crippen LogP contribution in [0.3, 0.4) is 0 Å². The van der Waals surface area contributed by atoms with E-state index in [0.29, 0.717) is 6.54 Å². The smallest absolute Gasteiger partial charge is 0.191 e. The number of nitrogens with one attached hydrogen (secondary N) is 2. The normalized spacial score (nSPS) is 13.3. The molecule has 1 atom stereocenters. The Morgan fingerprint density at radius 3 is 2.72 bits per heavy atom. The Labute approximate surface area is 154 Å². The van der Waals surface area contributed by atoms with Gasteiger partial charge in [0.25, 0.3) is 0 Å². The SMILES string of the molecule is CCNC(=NCC(c1cnn(C)c1)N(C)C)NCCc1ncc(C)s1. The fourth-order valence-electron chi connectivity index (χ4n) is 2.50. The first-order valence-corrected chi connectivity index (χ1v) is 9.39. The molecule has 0 aliphatic rings. The highest BCUT2D eigenvalue weighted by molar-refractivity contribution is 7.11. The standard InChI is InChI=1S/C17H29N7S/c1-6-18-17(19-8-7-16-20-9-13(2)25-16)21-11-15(23(3)4)14-10-22-24(5)12-14/h9-10,12,15H,6-8,11H2,1-5H3,(H2,18,19,21). The van der Waals surface area contributed by atoms with E-state index in [-0.39, 0.29) is 6.04 Å². The van der Waals surface area contributed by atoms with Crippen LogP contribution in [0.2, 0.25) is 0 Å². The molecule has 0 radical (unpaired) electrons. The Balaban J connectivity index is 1.94. The third-order valence-corrected chi connectivity index (χ3v) is 4.77. The molecule has 7 nitrogen and oxygen atoms in total. The van der Waals surface area contributed by atoms with Crippen molar-refractivity contribution in [1.82, 2.24) is 30.3 Å². The van der Waals surface area contributed by atoms with Crippen LogP contribution >= 0.6 is 11.3 Å². The summed E-state index contributed by atoms with van der Waals surface area (Å²) in [4.78, 5) is 12.6. The van der Waals surface area contributed by atoms with Crippen LogP contribution in [0.25, 0.3) is 0 Å².